The minimum absolute atomic E-state index is 0.245. The number of fused-ring (bicyclic) bond motifs is 1. The van der Waals surface area contributed by atoms with Crippen LogP contribution in [0.2, 0.25) is 0 Å². The van der Waals surface area contributed by atoms with E-state index in [1.165, 1.54) is 0 Å². The second-order valence-corrected chi connectivity index (χ2v) is 5.05. The Labute approximate surface area is 128 Å². The zero-order valence-electron chi connectivity index (χ0n) is 11.1. The van der Waals surface area contributed by atoms with E-state index in [0.717, 1.165) is 4.60 Å². The molecule has 0 aliphatic carbocycles. The number of nitrogens with zero attached hydrogens (tertiary/aromatic N) is 3. The first kappa shape index (κ1) is 13.6. The van der Waals surface area contributed by atoms with Crippen LogP contribution in [0.4, 0.5) is 5.95 Å². The Morgan fingerprint density at radius 3 is 2.86 bits per heavy atom. The van der Waals surface area contributed by atoms with E-state index in [9.17, 15) is 4.79 Å². The maximum atomic E-state index is 12.2. The van der Waals surface area contributed by atoms with E-state index in [4.69, 9.17) is 4.74 Å². The van der Waals surface area contributed by atoms with Crippen LogP contribution in [0, 0.1) is 0 Å². The minimum atomic E-state index is -0.291. The summed E-state index contributed by atoms with van der Waals surface area (Å²) in [5.41, 5.74) is 1.12. The lowest BCUT2D eigenvalue weighted by Crippen LogP contribution is -2.13. The molecule has 3 aromatic rings. The van der Waals surface area contributed by atoms with Gasteiger partial charge >= 0.3 is 0 Å². The summed E-state index contributed by atoms with van der Waals surface area (Å²) in [4.78, 5) is 16.4. The van der Waals surface area contributed by atoms with Crippen LogP contribution in [0.25, 0.3) is 5.65 Å². The van der Waals surface area contributed by atoms with Crippen molar-refractivity contribution in [2.45, 2.75) is 0 Å². The summed E-state index contributed by atoms with van der Waals surface area (Å²) in [5, 5.41) is 6.88. The first-order chi connectivity index (χ1) is 10.2. The number of nitrogens with one attached hydrogen (secondary N) is 1. The summed E-state index contributed by atoms with van der Waals surface area (Å²) < 4.78 is 7.45. The largest absolute Gasteiger partial charge is 0.497 e. The van der Waals surface area contributed by atoms with Crippen LogP contribution in [-0.4, -0.2) is 27.6 Å². The number of carbonyl (C=O) groups is 1. The monoisotopic (exact) mass is 346 g/mol. The number of ether oxygens (including phenoxy) is 1. The van der Waals surface area contributed by atoms with Gasteiger partial charge in [-0.25, -0.2) is 4.52 Å². The van der Waals surface area contributed by atoms with Crippen LogP contribution in [0.15, 0.2) is 47.1 Å². The van der Waals surface area contributed by atoms with Gasteiger partial charge in [0.1, 0.15) is 10.4 Å². The number of hydrogen-bond acceptors (Lipinski definition) is 4. The third-order valence-corrected chi connectivity index (χ3v) is 3.47. The van der Waals surface area contributed by atoms with Gasteiger partial charge in [-0.15, -0.1) is 5.10 Å². The first-order valence-electron chi connectivity index (χ1n) is 6.14. The standard InChI is InChI=1S/C14H11BrN4O2/c1-21-10-5-2-4-9(8-10)13(20)17-14-16-12-7-3-6-11(15)19(12)18-14/h2-8H,1H3,(H,17,18,20). The number of amides is 1. The fraction of sp³-hybridized carbons (Fsp3) is 0.0714. The van der Waals surface area contributed by atoms with E-state index >= 15 is 0 Å². The summed E-state index contributed by atoms with van der Waals surface area (Å²) in [5.74, 6) is 0.573. The van der Waals surface area contributed by atoms with Crippen molar-refractivity contribution in [1.29, 1.82) is 0 Å². The summed E-state index contributed by atoms with van der Waals surface area (Å²) in [7, 11) is 1.55. The van der Waals surface area contributed by atoms with Gasteiger partial charge in [-0.2, -0.15) is 4.98 Å². The fourth-order valence-corrected chi connectivity index (χ4v) is 2.28. The first-order valence-corrected chi connectivity index (χ1v) is 6.93. The Morgan fingerprint density at radius 2 is 2.10 bits per heavy atom. The Hall–Kier alpha value is -2.41. The molecule has 0 saturated heterocycles. The number of carbonyl (C=O) groups excluding carboxylic acids is 1. The van der Waals surface area contributed by atoms with Gasteiger partial charge in [-0.3, -0.25) is 10.1 Å². The maximum Gasteiger partial charge on any atom is 0.258 e. The highest BCUT2D eigenvalue weighted by molar-refractivity contribution is 9.10. The quantitative estimate of drug-likeness (QED) is 0.740. The van der Waals surface area contributed by atoms with Gasteiger partial charge in [-0.1, -0.05) is 12.1 Å². The van der Waals surface area contributed by atoms with Crippen molar-refractivity contribution in [2.24, 2.45) is 0 Å². The number of methoxy groups -OCH3 is 1. The number of rotatable bonds is 3. The van der Waals surface area contributed by atoms with Crippen molar-refractivity contribution in [3.8, 4) is 5.75 Å². The third kappa shape index (κ3) is 2.73. The number of benzene rings is 1. The number of pyridine rings is 1. The number of halogens is 1. The smallest absolute Gasteiger partial charge is 0.258 e. The Morgan fingerprint density at radius 1 is 1.29 bits per heavy atom. The van der Waals surface area contributed by atoms with E-state index in [2.05, 4.69) is 31.3 Å². The molecule has 0 fully saturated rings. The summed E-state index contributed by atoms with van der Waals surface area (Å²) in [6, 6.07) is 12.4. The van der Waals surface area contributed by atoms with Gasteiger partial charge in [0, 0.05) is 5.56 Å². The molecule has 0 bridgehead atoms. The molecule has 3 rings (SSSR count). The van der Waals surface area contributed by atoms with Crippen molar-refractivity contribution in [2.75, 3.05) is 12.4 Å². The lowest BCUT2D eigenvalue weighted by Gasteiger charge is -2.03. The highest BCUT2D eigenvalue weighted by Gasteiger charge is 2.11. The number of anilines is 1. The molecule has 0 aliphatic rings. The second kappa shape index (κ2) is 5.53. The average molecular weight is 347 g/mol. The van der Waals surface area contributed by atoms with Crippen molar-refractivity contribution in [3.63, 3.8) is 0 Å². The second-order valence-electron chi connectivity index (χ2n) is 4.24. The molecule has 0 radical (unpaired) electrons. The van der Waals surface area contributed by atoms with E-state index in [0.29, 0.717) is 17.0 Å². The predicted molar refractivity (Wildman–Crippen MR) is 81.6 cm³/mol. The van der Waals surface area contributed by atoms with Crippen molar-refractivity contribution in [1.82, 2.24) is 14.6 Å². The molecule has 1 amide bonds. The molecule has 0 aliphatic heterocycles. The molecule has 21 heavy (non-hydrogen) atoms. The lowest BCUT2D eigenvalue weighted by molar-refractivity contribution is 0.102. The molecule has 1 aromatic carbocycles. The Bertz CT molecular complexity index is 816. The van der Waals surface area contributed by atoms with Crippen LogP contribution in [0.3, 0.4) is 0 Å². The van der Waals surface area contributed by atoms with Crippen LogP contribution >= 0.6 is 15.9 Å². The van der Waals surface area contributed by atoms with Crippen LogP contribution in [-0.2, 0) is 0 Å². The molecule has 2 aromatic heterocycles. The SMILES string of the molecule is COc1cccc(C(=O)Nc2nc3cccc(Br)n3n2)c1. The highest BCUT2D eigenvalue weighted by atomic mass is 79.9. The van der Waals surface area contributed by atoms with E-state index < -0.39 is 0 Å². The van der Waals surface area contributed by atoms with Crippen molar-refractivity contribution >= 4 is 33.4 Å². The van der Waals surface area contributed by atoms with E-state index in [1.54, 1.807) is 42.0 Å². The van der Waals surface area contributed by atoms with E-state index in [-0.39, 0.29) is 11.9 Å². The van der Waals surface area contributed by atoms with Gasteiger partial charge < -0.3 is 4.74 Å². The lowest BCUT2D eigenvalue weighted by atomic mass is 10.2. The van der Waals surface area contributed by atoms with E-state index in [1.807, 2.05) is 12.1 Å². The third-order valence-electron chi connectivity index (χ3n) is 2.87. The molecule has 106 valence electrons. The van der Waals surface area contributed by atoms with Gasteiger partial charge in [0.15, 0.2) is 5.65 Å². The van der Waals surface area contributed by atoms with Gasteiger partial charge in [0.25, 0.3) is 5.91 Å². The molecule has 0 unspecified atom stereocenters. The molecule has 7 heteroatoms. The fourth-order valence-electron chi connectivity index (χ4n) is 1.86. The van der Waals surface area contributed by atoms with Crippen molar-refractivity contribution in [3.05, 3.63) is 52.6 Å². The molecule has 0 spiro atoms. The molecule has 1 N–H and O–H groups in total. The average Bonchev–Trinajstić information content (AvgIpc) is 2.91. The Balaban J connectivity index is 1.87. The Kier molecular flexibility index (Phi) is 3.57. The molecule has 0 atom stereocenters. The summed E-state index contributed by atoms with van der Waals surface area (Å²) >= 11 is 3.37. The van der Waals surface area contributed by atoms with Crippen LogP contribution in [0.5, 0.6) is 5.75 Å². The van der Waals surface area contributed by atoms with Crippen LogP contribution < -0.4 is 10.1 Å². The van der Waals surface area contributed by atoms with Crippen LogP contribution in [0.1, 0.15) is 10.4 Å². The van der Waals surface area contributed by atoms with Gasteiger partial charge in [0.05, 0.1) is 7.11 Å². The maximum absolute atomic E-state index is 12.2. The topological polar surface area (TPSA) is 68.5 Å². The summed E-state index contributed by atoms with van der Waals surface area (Å²) in [6.45, 7) is 0. The highest BCUT2D eigenvalue weighted by Crippen LogP contribution is 2.16. The summed E-state index contributed by atoms with van der Waals surface area (Å²) in [6.07, 6.45) is 0. The zero-order chi connectivity index (χ0) is 14.8. The zero-order valence-corrected chi connectivity index (χ0v) is 12.7. The molecular formula is C14H11BrN4O2. The molecular weight excluding hydrogens is 336 g/mol. The predicted octanol–water partition coefficient (Wildman–Crippen LogP) is 2.75. The minimum Gasteiger partial charge on any atom is -0.497 e. The molecule has 0 saturated carbocycles. The number of aromatic nitrogens is 3. The molecule has 6 nitrogen and oxygen atoms in total. The molecule has 2 heterocycles. The number of hydrogen-bond donors (Lipinski definition) is 1. The van der Waals surface area contributed by atoms with Crippen molar-refractivity contribution < 1.29 is 9.53 Å². The van der Waals surface area contributed by atoms with Gasteiger partial charge in [-0.05, 0) is 46.3 Å². The van der Waals surface area contributed by atoms with Gasteiger partial charge in [0.2, 0.25) is 5.95 Å². The normalized spacial score (nSPS) is 10.6.